The molecule has 0 rings (SSSR count). The summed E-state index contributed by atoms with van der Waals surface area (Å²) in [5.74, 6) is -0.293. The van der Waals surface area contributed by atoms with Crippen LogP contribution < -0.4 is 0 Å². The Hall–Kier alpha value is -0.790. The number of hydrogen-bond acceptors (Lipinski definition) is 2. The maximum absolute atomic E-state index is 11.3. The van der Waals surface area contributed by atoms with Crippen LogP contribution in [-0.2, 0) is 9.53 Å². The van der Waals surface area contributed by atoms with E-state index >= 15 is 0 Å². The SMILES string of the molecule is C=CC(=O)OC(C)(CCCC)CCCCCC. The average molecular weight is 240 g/mol. The standard InChI is InChI=1S/C15H28O2/c1-5-8-10-11-13-15(4,12-9-6-2)17-14(16)7-3/h7H,3,5-6,8-13H2,1-2,4H3. The van der Waals surface area contributed by atoms with Gasteiger partial charge in [0.1, 0.15) is 5.60 Å². The number of hydrogen-bond donors (Lipinski definition) is 0. The van der Waals surface area contributed by atoms with E-state index in [1.807, 2.05) is 0 Å². The molecule has 0 N–H and O–H groups in total. The van der Waals surface area contributed by atoms with Crippen LogP contribution in [0.5, 0.6) is 0 Å². The first kappa shape index (κ1) is 16.2. The molecule has 0 saturated heterocycles. The maximum Gasteiger partial charge on any atom is 0.330 e. The molecule has 2 nitrogen and oxygen atoms in total. The second kappa shape index (κ2) is 9.26. The zero-order valence-electron chi connectivity index (χ0n) is 11.8. The minimum absolute atomic E-state index is 0.293. The molecule has 1 atom stereocenters. The highest BCUT2D eigenvalue weighted by molar-refractivity contribution is 5.81. The van der Waals surface area contributed by atoms with Crippen molar-refractivity contribution in [3.63, 3.8) is 0 Å². The van der Waals surface area contributed by atoms with Crippen LogP contribution in [0.1, 0.15) is 72.1 Å². The Morgan fingerprint density at radius 2 is 1.71 bits per heavy atom. The first-order chi connectivity index (χ1) is 8.08. The van der Waals surface area contributed by atoms with E-state index in [4.69, 9.17) is 4.74 Å². The molecule has 0 aromatic rings. The first-order valence-corrected chi connectivity index (χ1v) is 6.93. The third kappa shape index (κ3) is 8.00. The molecule has 0 bridgehead atoms. The van der Waals surface area contributed by atoms with Crippen LogP contribution in [0, 0.1) is 0 Å². The fourth-order valence-electron chi connectivity index (χ4n) is 1.99. The zero-order valence-corrected chi connectivity index (χ0v) is 11.8. The highest BCUT2D eigenvalue weighted by Crippen LogP contribution is 2.26. The Bertz CT molecular complexity index is 223. The summed E-state index contributed by atoms with van der Waals surface area (Å²) in [6.07, 6.45) is 10.3. The molecule has 100 valence electrons. The number of ether oxygens (including phenoxy) is 1. The van der Waals surface area contributed by atoms with E-state index in [0.717, 1.165) is 32.1 Å². The van der Waals surface area contributed by atoms with Gasteiger partial charge >= 0.3 is 5.97 Å². The van der Waals surface area contributed by atoms with Gasteiger partial charge in [0, 0.05) is 6.08 Å². The molecule has 0 aliphatic rings. The quantitative estimate of drug-likeness (QED) is 0.316. The number of carbonyl (C=O) groups excluding carboxylic acids is 1. The number of unbranched alkanes of at least 4 members (excludes halogenated alkanes) is 4. The van der Waals surface area contributed by atoms with E-state index in [9.17, 15) is 4.79 Å². The van der Waals surface area contributed by atoms with Crippen molar-refractivity contribution in [2.45, 2.75) is 77.7 Å². The summed E-state index contributed by atoms with van der Waals surface area (Å²) in [6, 6.07) is 0. The van der Waals surface area contributed by atoms with Crippen LogP contribution in [-0.4, -0.2) is 11.6 Å². The molecule has 1 unspecified atom stereocenters. The molecule has 17 heavy (non-hydrogen) atoms. The maximum atomic E-state index is 11.3. The Kier molecular flexibility index (Phi) is 8.83. The van der Waals surface area contributed by atoms with Crippen LogP contribution in [0.15, 0.2) is 12.7 Å². The minimum atomic E-state index is -0.297. The van der Waals surface area contributed by atoms with Crippen LogP contribution in [0.3, 0.4) is 0 Å². The van der Waals surface area contributed by atoms with Gasteiger partial charge in [0.2, 0.25) is 0 Å². The van der Waals surface area contributed by atoms with Crippen LogP contribution >= 0.6 is 0 Å². The summed E-state index contributed by atoms with van der Waals surface area (Å²) in [4.78, 5) is 11.3. The predicted molar refractivity (Wildman–Crippen MR) is 73.0 cm³/mol. The molecule has 0 saturated carbocycles. The molecule has 0 aliphatic carbocycles. The van der Waals surface area contributed by atoms with Gasteiger partial charge in [-0.1, -0.05) is 46.1 Å². The monoisotopic (exact) mass is 240 g/mol. The topological polar surface area (TPSA) is 26.3 Å². The van der Waals surface area contributed by atoms with Crippen LogP contribution in [0.2, 0.25) is 0 Å². The third-order valence-electron chi connectivity index (χ3n) is 3.13. The number of carbonyl (C=O) groups is 1. The van der Waals surface area contributed by atoms with Crippen molar-refractivity contribution in [3.05, 3.63) is 12.7 Å². The van der Waals surface area contributed by atoms with E-state index in [1.54, 1.807) is 0 Å². The van der Waals surface area contributed by atoms with Crippen molar-refractivity contribution in [2.75, 3.05) is 0 Å². The molecular weight excluding hydrogens is 212 g/mol. The van der Waals surface area contributed by atoms with E-state index in [2.05, 4.69) is 27.4 Å². The Balaban J connectivity index is 4.17. The molecule has 0 heterocycles. The number of esters is 1. The predicted octanol–water partition coefficient (Wildman–Crippen LogP) is 4.63. The van der Waals surface area contributed by atoms with Crippen LogP contribution in [0.25, 0.3) is 0 Å². The van der Waals surface area contributed by atoms with Gasteiger partial charge in [0.25, 0.3) is 0 Å². The molecule has 2 heteroatoms. The lowest BCUT2D eigenvalue weighted by atomic mass is 9.92. The Morgan fingerprint density at radius 1 is 1.12 bits per heavy atom. The second-order valence-corrected chi connectivity index (χ2v) is 4.99. The van der Waals surface area contributed by atoms with E-state index in [1.165, 1.54) is 25.3 Å². The Morgan fingerprint density at radius 3 is 2.24 bits per heavy atom. The van der Waals surface area contributed by atoms with E-state index < -0.39 is 0 Å². The van der Waals surface area contributed by atoms with Gasteiger partial charge in [0.05, 0.1) is 0 Å². The van der Waals surface area contributed by atoms with Crippen molar-refractivity contribution in [1.82, 2.24) is 0 Å². The summed E-state index contributed by atoms with van der Waals surface area (Å²) in [7, 11) is 0. The lowest BCUT2D eigenvalue weighted by Gasteiger charge is -2.29. The highest BCUT2D eigenvalue weighted by Gasteiger charge is 2.26. The van der Waals surface area contributed by atoms with Crippen molar-refractivity contribution >= 4 is 5.97 Å². The van der Waals surface area contributed by atoms with Crippen molar-refractivity contribution in [1.29, 1.82) is 0 Å². The van der Waals surface area contributed by atoms with Gasteiger partial charge in [-0.2, -0.15) is 0 Å². The number of rotatable bonds is 10. The minimum Gasteiger partial charge on any atom is -0.456 e. The molecule has 0 aromatic carbocycles. The van der Waals surface area contributed by atoms with Gasteiger partial charge in [-0.05, 0) is 32.6 Å². The normalized spacial score (nSPS) is 14.1. The van der Waals surface area contributed by atoms with E-state index in [0.29, 0.717) is 0 Å². The highest BCUT2D eigenvalue weighted by atomic mass is 16.6. The lowest BCUT2D eigenvalue weighted by Crippen LogP contribution is -2.31. The van der Waals surface area contributed by atoms with Crippen molar-refractivity contribution < 1.29 is 9.53 Å². The molecule has 0 aromatic heterocycles. The summed E-state index contributed by atoms with van der Waals surface area (Å²) >= 11 is 0. The summed E-state index contributed by atoms with van der Waals surface area (Å²) in [5, 5.41) is 0. The summed E-state index contributed by atoms with van der Waals surface area (Å²) in [6.45, 7) is 9.87. The van der Waals surface area contributed by atoms with Crippen molar-refractivity contribution in [2.24, 2.45) is 0 Å². The largest absolute Gasteiger partial charge is 0.456 e. The molecule has 0 radical (unpaired) electrons. The van der Waals surface area contributed by atoms with Gasteiger partial charge in [-0.25, -0.2) is 4.79 Å². The average Bonchev–Trinajstić information content (AvgIpc) is 2.32. The molecule has 0 amide bonds. The molecule has 0 spiro atoms. The second-order valence-electron chi connectivity index (χ2n) is 4.99. The van der Waals surface area contributed by atoms with Gasteiger partial charge in [-0.15, -0.1) is 0 Å². The first-order valence-electron chi connectivity index (χ1n) is 6.93. The van der Waals surface area contributed by atoms with Gasteiger partial charge < -0.3 is 4.74 Å². The molecular formula is C15H28O2. The third-order valence-corrected chi connectivity index (χ3v) is 3.13. The van der Waals surface area contributed by atoms with Crippen molar-refractivity contribution in [3.8, 4) is 0 Å². The zero-order chi connectivity index (χ0) is 13.1. The Labute approximate surface area is 106 Å². The van der Waals surface area contributed by atoms with E-state index in [-0.39, 0.29) is 11.6 Å². The van der Waals surface area contributed by atoms with Gasteiger partial charge in [-0.3, -0.25) is 0 Å². The molecule has 0 fully saturated rings. The molecule has 0 aliphatic heterocycles. The smallest absolute Gasteiger partial charge is 0.330 e. The summed E-state index contributed by atoms with van der Waals surface area (Å²) in [5.41, 5.74) is -0.297. The lowest BCUT2D eigenvalue weighted by molar-refractivity contribution is -0.153. The fraction of sp³-hybridized carbons (Fsp3) is 0.800. The van der Waals surface area contributed by atoms with Crippen LogP contribution in [0.4, 0.5) is 0 Å². The van der Waals surface area contributed by atoms with Gasteiger partial charge in [0.15, 0.2) is 0 Å². The summed E-state index contributed by atoms with van der Waals surface area (Å²) < 4.78 is 5.51. The fourth-order valence-corrected chi connectivity index (χ4v) is 1.99.